The van der Waals surface area contributed by atoms with Gasteiger partial charge in [0, 0.05) is 36.8 Å². The molecule has 3 saturated heterocycles. The minimum absolute atomic E-state index is 0.217. The molecule has 22 heavy (non-hydrogen) atoms. The van der Waals surface area contributed by atoms with Gasteiger partial charge in [0.25, 0.3) is 0 Å². The van der Waals surface area contributed by atoms with Gasteiger partial charge in [0.05, 0.1) is 16.1 Å². The van der Waals surface area contributed by atoms with E-state index in [1.807, 2.05) is 21.6 Å². The summed E-state index contributed by atoms with van der Waals surface area (Å²) in [6.07, 6.45) is 0. The lowest BCUT2D eigenvalue weighted by Gasteiger charge is -2.47. The van der Waals surface area contributed by atoms with Crippen molar-refractivity contribution in [2.45, 2.75) is 24.4 Å². The summed E-state index contributed by atoms with van der Waals surface area (Å²) in [5, 5.41) is 1.22. The molecule has 3 aliphatic rings. The lowest BCUT2D eigenvalue weighted by atomic mass is 10.1. The highest BCUT2D eigenvalue weighted by Gasteiger charge is 2.43. The van der Waals surface area contributed by atoms with E-state index in [0.29, 0.717) is 6.04 Å². The summed E-state index contributed by atoms with van der Waals surface area (Å²) < 4.78 is 0. The molecular formula is C17H21N3S2. The van der Waals surface area contributed by atoms with Crippen molar-refractivity contribution in [1.82, 2.24) is 14.8 Å². The van der Waals surface area contributed by atoms with Crippen LogP contribution >= 0.6 is 21.6 Å². The molecule has 3 aliphatic heterocycles. The summed E-state index contributed by atoms with van der Waals surface area (Å²) in [5.41, 5.74) is 2.29. The summed E-state index contributed by atoms with van der Waals surface area (Å²) in [5.74, 6) is 1.21. The van der Waals surface area contributed by atoms with Gasteiger partial charge in [0.1, 0.15) is 0 Å². The van der Waals surface area contributed by atoms with Crippen molar-refractivity contribution in [3.05, 3.63) is 42.1 Å². The van der Waals surface area contributed by atoms with Crippen LogP contribution in [-0.2, 0) is 6.54 Å². The maximum absolute atomic E-state index is 4.86. The zero-order valence-electron chi connectivity index (χ0n) is 13.0. The molecule has 116 valence electrons. The van der Waals surface area contributed by atoms with Crippen molar-refractivity contribution < 1.29 is 0 Å². The molecule has 2 bridgehead atoms. The van der Waals surface area contributed by atoms with Crippen LogP contribution in [0.15, 0.2) is 36.4 Å². The Hall–Kier alpha value is -0.750. The van der Waals surface area contributed by atoms with E-state index >= 15 is 0 Å². The quantitative estimate of drug-likeness (QED) is 0.783. The van der Waals surface area contributed by atoms with Crippen molar-refractivity contribution >= 4 is 32.5 Å². The van der Waals surface area contributed by atoms with Crippen LogP contribution in [0.4, 0.5) is 0 Å². The van der Waals surface area contributed by atoms with Gasteiger partial charge in [-0.1, -0.05) is 45.9 Å². The number of hydrogen-bond acceptors (Lipinski definition) is 5. The monoisotopic (exact) mass is 331 g/mol. The van der Waals surface area contributed by atoms with Crippen LogP contribution < -0.4 is 0 Å². The number of nitrogens with zero attached hydrogens (tertiary/aromatic N) is 3. The molecule has 3 nitrogen and oxygen atoms in total. The largest absolute Gasteiger partial charge is 0.290 e. The average Bonchev–Trinajstić information content (AvgIpc) is 2.76. The van der Waals surface area contributed by atoms with Crippen molar-refractivity contribution in [2.24, 2.45) is 0 Å². The van der Waals surface area contributed by atoms with Gasteiger partial charge in [0.2, 0.25) is 0 Å². The smallest absolute Gasteiger partial charge is 0.0871 e. The van der Waals surface area contributed by atoms with Gasteiger partial charge in [0.15, 0.2) is 0 Å². The number of para-hydroxylation sites is 1. The Labute approximate surface area is 139 Å². The first-order valence-corrected chi connectivity index (χ1v) is 10.1. The maximum Gasteiger partial charge on any atom is 0.0871 e. The van der Waals surface area contributed by atoms with Gasteiger partial charge >= 0.3 is 0 Å². The molecule has 0 spiro atoms. The first-order valence-electron chi connectivity index (χ1n) is 7.75. The summed E-state index contributed by atoms with van der Waals surface area (Å²) in [4.78, 5) is 10.2. The average molecular weight is 332 g/mol. The third-order valence-electron chi connectivity index (χ3n) is 4.83. The third kappa shape index (κ3) is 2.64. The van der Waals surface area contributed by atoms with E-state index in [0.717, 1.165) is 25.2 Å². The predicted molar refractivity (Wildman–Crippen MR) is 97.0 cm³/mol. The van der Waals surface area contributed by atoms with Gasteiger partial charge in [-0.15, -0.1) is 0 Å². The van der Waals surface area contributed by atoms with E-state index < -0.39 is 0 Å². The second-order valence-corrected chi connectivity index (χ2v) is 9.30. The Bertz CT molecular complexity index is 692. The summed E-state index contributed by atoms with van der Waals surface area (Å²) in [6.45, 7) is 5.59. The van der Waals surface area contributed by atoms with E-state index in [1.165, 1.54) is 16.8 Å². The second-order valence-electron chi connectivity index (χ2n) is 6.48. The highest BCUT2D eigenvalue weighted by Crippen LogP contribution is 2.46. The van der Waals surface area contributed by atoms with E-state index in [2.05, 4.69) is 60.2 Å². The molecule has 2 atom stereocenters. The van der Waals surface area contributed by atoms with E-state index in [-0.39, 0.29) is 4.87 Å². The second kappa shape index (κ2) is 5.71. The van der Waals surface area contributed by atoms with Gasteiger partial charge in [-0.05, 0) is 26.1 Å². The molecule has 0 saturated carbocycles. The molecule has 0 N–H and O–H groups in total. The van der Waals surface area contributed by atoms with Gasteiger partial charge < -0.3 is 0 Å². The number of pyridine rings is 1. The minimum Gasteiger partial charge on any atom is -0.290 e. The van der Waals surface area contributed by atoms with E-state index in [4.69, 9.17) is 4.98 Å². The Balaban J connectivity index is 1.59. The Morgan fingerprint density at radius 1 is 1.27 bits per heavy atom. The molecule has 0 radical (unpaired) electrons. The number of piperazine rings is 1. The Kier molecular flexibility index (Phi) is 3.85. The summed E-state index contributed by atoms with van der Waals surface area (Å²) >= 11 is 0. The number of aromatic nitrogens is 1. The molecule has 5 heteroatoms. The minimum atomic E-state index is 0.217. The molecule has 1 aromatic carbocycles. The highest BCUT2D eigenvalue weighted by atomic mass is 33.1. The zero-order chi connectivity index (χ0) is 15.2. The molecule has 5 rings (SSSR count). The number of fused-ring (bicyclic) bond motifs is 5. The zero-order valence-corrected chi connectivity index (χ0v) is 14.7. The van der Waals surface area contributed by atoms with Crippen LogP contribution in [0.3, 0.4) is 0 Å². The highest BCUT2D eigenvalue weighted by molar-refractivity contribution is 8.77. The normalized spacial score (nSPS) is 29.8. The number of hydrogen-bond donors (Lipinski definition) is 0. The fraction of sp³-hybridized carbons (Fsp3) is 0.471. The van der Waals surface area contributed by atoms with Crippen molar-refractivity contribution in [3.63, 3.8) is 0 Å². The molecular weight excluding hydrogens is 310 g/mol. The van der Waals surface area contributed by atoms with Crippen LogP contribution in [0.1, 0.15) is 12.6 Å². The molecule has 0 aliphatic carbocycles. The summed E-state index contributed by atoms with van der Waals surface area (Å²) in [6, 6.07) is 13.4. The standard InChI is InChI=1S/C17H21N3S2/c1-17-12-20(15(10-19(17)2)11-21-22-17)9-14-8-7-13-5-3-4-6-16(13)18-14/h3-8,15H,9-12H2,1-2H3. The predicted octanol–water partition coefficient (Wildman–Crippen LogP) is 3.46. The molecule has 3 fully saturated rings. The first kappa shape index (κ1) is 14.8. The topological polar surface area (TPSA) is 19.4 Å². The van der Waals surface area contributed by atoms with Crippen LogP contribution in [-0.4, -0.2) is 51.6 Å². The van der Waals surface area contributed by atoms with Crippen LogP contribution in [0, 0.1) is 0 Å². The van der Waals surface area contributed by atoms with Crippen molar-refractivity contribution in [2.75, 3.05) is 25.9 Å². The molecule has 0 amide bonds. The molecule has 4 heterocycles. The van der Waals surface area contributed by atoms with Crippen LogP contribution in [0.25, 0.3) is 10.9 Å². The fourth-order valence-corrected chi connectivity index (χ4v) is 6.52. The SMILES string of the molecule is CN1CC2CSSC1(C)CN2Cc1ccc2ccccc2n1. The Morgan fingerprint density at radius 2 is 2.14 bits per heavy atom. The fourth-order valence-electron chi connectivity index (χ4n) is 3.33. The lowest BCUT2D eigenvalue weighted by Crippen LogP contribution is -2.60. The van der Waals surface area contributed by atoms with E-state index in [9.17, 15) is 0 Å². The van der Waals surface area contributed by atoms with Crippen LogP contribution in [0.5, 0.6) is 0 Å². The molecule has 2 unspecified atom stereocenters. The molecule has 2 aromatic rings. The third-order valence-corrected chi connectivity index (χ3v) is 8.10. The van der Waals surface area contributed by atoms with Gasteiger partial charge in [-0.2, -0.15) is 0 Å². The van der Waals surface area contributed by atoms with E-state index in [1.54, 1.807) is 0 Å². The first-order chi connectivity index (χ1) is 10.6. The van der Waals surface area contributed by atoms with Gasteiger partial charge in [-0.3, -0.25) is 14.8 Å². The number of rotatable bonds is 2. The van der Waals surface area contributed by atoms with Crippen LogP contribution in [0.2, 0.25) is 0 Å². The molecule has 1 aromatic heterocycles. The van der Waals surface area contributed by atoms with Crippen molar-refractivity contribution in [1.29, 1.82) is 0 Å². The summed E-state index contributed by atoms with van der Waals surface area (Å²) in [7, 11) is 6.32. The van der Waals surface area contributed by atoms with Gasteiger partial charge in [-0.25, -0.2) is 0 Å². The van der Waals surface area contributed by atoms with Crippen molar-refractivity contribution in [3.8, 4) is 0 Å². The lowest BCUT2D eigenvalue weighted by molar-refractivity contribution is 0.0418. The Morgan fingerprint density at radius 3 is 3.05 bits per heavy atom. The number of likely N-dealkylation sites (N-methyl/N-ethyl adjacent to an activating group) is 1. The number of benzene rings is 1. The maximum atomic E-state index is 4.86.